The highest BCUT2D eigenvalue weighted by molar-refractivity contribution is 9.10. The van der Waals surface area contributed by atoms with Crippen LogP contribution in [0.5, 0.6) is 0 Å². The number of nitrogens with zero attached hydrogens (tertiary/aromatic N) is 3. The lowest BCUT2D eigenvalue weighted by Gasteiger charge is -2.15. The summed E-state index contributed by atoms with van der Waals surface area (Å²) in [5.74, 6) is -0.231. The highest BCUT2D eigenvalue weighted by Gasteiger charge is 2.06. The highest BCUT2D eigenvalue weighted by atomic mass is 79.9. The minimum absolute atomic E-state index is 0.231. The van der Waals surface area contributed by atoms with Crippen molar-refractivity contribution in [1.29, 1.82) is 0 Å². The van der Waals surface area contributed by atoms with E-state index < -0.39 is 0 Å². The molecule has 3 nitrogen and oxygen atoms in total. The van der Waals surface area contributed by atoms with E-state index in [2.05, 4.69) is 44.4 Å². The fourth-order valence-corrected chi connectivity index (χ4v) is 3.75. The number of hydrogen-bond donors (Lipinski definition) is 0. The number of benzene rings is 1. The Morgan fingerprint density at radius 3 is 2.73 bits per heavy atom. The molecule has 0 spiro atoms. The molecule has 0 aliphatic heterocycles. The summed E-state index contributed by atoms with van der Waals surface area (Å²) in [6, 6.07) is 10.5. The number of rotatable bonds is 5. The maximum Gasteiger partial charge on any atom is 0.123 e. The van der Waals surface area contributed by atoms with Gasteiger partial charge in [-0.2, -0.15) is 5.10 Å². The Balaban J connectivity index is 1.65. The van der Waals surface area contributed by atoms with Gasteiger partial charge < -0.3 is 0 Å². The first kappa shape index (κ1) is 15.4. The predicted molar refractivity (Wildman–Crippen MR) is 91.1 cm³/mol. The third-order valence-electron chi connectivity index (χ3n) is 3.21. The first-order valence-electron chi connectivity index (χ1n) is 6.81. The van der Waals surface area contributed by atoms with Gasteiger partial charge in [0.1, 0.15) is 5.82 Å². The van der Waals surface area contributed by atoms with Gasteiger partial charge in [0.05, 0.1) is 12.4 Å². The smallest absolute Gasteiger partial charge is 0.123 e. The summed E-state index contributed by atoms with van der Waals surface area (Å²) in [5, 5.41) is 6.63. The van der Waals surface area contributed by atoms with Gasteiger partial charge in [-0.15, -0.1) is 11.3 Å². The zero-order chi connectivity index (χ0) is 15.5. The molecule has 6 heteroatoms. The van der Waals surface area contributed by atoms with Crippen LogP contribution in [0.25, 0.3) is 11.3 Å². The van der Waals surface area contributed by atoms with Crippen molar-refractivity contribution < 1.29 is 4.39 Å². The molecule has 0 bridgehead atoms. The van der Waals surface area contributed by atoms with E-state index in [0.717, 1.165) is 22.3 Å². The molecule has 0 saturated carbocycles. The van der Waals surface area contributed by atoms with E-state index in [1.807, 2.05) is 16.9 Å². The summed E-state index contributed by atoms with van der Waals surface area (Å²) in [7, 11) is 2.06. The Bertz CT molecular complexity index is 751. The lowest BCUT2D eigenvalue weighted by molar-refractivity contribution is 0.248. The second-order valence-electron chi connectivity index (χ2n) is 5.13. The molecule has 0 aliphatic rings. The van der Waals surface area contributed by atoms with E-state index in [0.29, 0.717) is 6.67 Å². The number of halogens is 2. The van der Waals surface area contributed by atoms with Gasteiger partial charge in [-0.05, 0) is 59.4 Å². The molecule has 0 fully saturated rings. The molecule has 0 radical (unpaired) electrons. The molecule has 22 heavy (non-hydrogen) atoms. The summed E-state index contributed by atoms with van der Waals surface area (Å²) in [6.07, 6.45) is 1.94. The maximum atomic E-state index is 13.0. The fraction of sp³-hybridized carbons (Fsp3) is 0.188. The molecular weight excluding hydrogens is 365 g/mol. The summed E-state index contributed by atoms with van der Waals surface area (Å²) in [5.41, 5.74) is 1.78. The zero-order valence-electron chi connectivity index (χ0n) is 12.0. The Morgan fingerprint density at radius 2 is 2.05 bits per heavy atom. The standard InChI is InChI=1S/C16H15BrFN3S/c1-20(9-15-8-13(17)10-22-15)11-21-7-6-16(19-21)12-2-4-14(18)5-3-12/h2-8,10H,9,11H2,1H3. The first-order valence-corrected chi connectivity index (χ1v) is 8.48. The van der Waals surface area contributed by atoms with Crippen LogP contribution in [0.15, 0.2) is 52.4 Å². The third-order valence-corrected chi connectivity index (χ3v) is 4.90. The van der Waals surface area contributed by atoms with Gasteiger partial charge in [0.2, 0.25) is 0 Å². The van der Waals surface area contributed by atoms with Crippen molar-refractivity contribution in [3.05, 3.63) is 63.1 Å². The molecule has 0 amide bonds. The van der Waals surface area contributed by atoms with E-state index in [-0.39, 0.29) is 5.82 Å². The molecule has 3 rings (SSSR count). The van der Waals surface area contributed by atoms with Crippen LogP contribution >= 0.6 is 27.3 Å². The average molecular weight is 380 g/mol. The minimum atomic E-state index is -0.231. The van der Waals surface area contributed by atoms with E-state index >= 15 is 0 Å². The summed E-state index contributed by atoms with van der Waals surface area (Å²) >= 11 is 5.21. The van der Waals surface area contributed by atoms with Crippen molar-refractivity contribution >= 4 is 27.3 Å². The van der Waals surface area contributed by atoms with E-state index in [9.17, 15) is 4.39 Å². The Hall–Kier alpha value is -1.50. The van der Waals surface area contributed by atoms with Crippen LogP contribution in [0, 0.1) is 5.82 Å². The van der Waals surface area contributed by atoms with Crippen molar-refractivity contribution in [2.24, 2.45) is 0 Å². The zero-order valence-corrected chi connectivity index (χ0v) is 14.4. The lowest BCUT2D eigenvalue weighted by Crippen LogP contribution is -2.21. The molecular formula is C16H15BrFN3S. The van der Waals surface area contributed by atoms with Gasteiger partial charge in [0.25, 0.3) is 0 Å². The van der Waals surface area contributed by atoms with E-state index in [4.69, 9.17) is 0 Å². The van der Waals surface area contributed by atoms with E-state index in [1.165, 1.54) is 17.0 Å². The van der Waals surface area contributed by atoms with Crippen LogP contribution < -0.4 is 0 Å². The molecule has 0 unspecified atom stereocenters. The first-order chi connectivity index (χ1) is 10.6. The molecule has 2 heterocycles. The second kappa shape index (κ2) is 6.73. The van der Waals surface area contributed by atoms with Crippen LogP contribution in [0.4, 0.5) is 4.39 Å². The molecule has 0 atom stereocenters. The van der Waals surface area contributed by atoms with Crippen molar-refractivity contribution in [3.63, 3.8) is 0 Å². The van der Waals surface area contributed by atoms with Crippen molar-refractivity contribution in [2.75, 3.05) is 7.05 Å². The third kappa shape index (κ3) is 3.82. The van der Waals surface area contributed by atoms with Gasteiger partial charge in [0, 0.05) is 33.0 Å². The van der Waals surface area contributed by atoms with Gasteiger partial charge in [-0.3, -0.25) is 9.58 Å². The van der Waals surface area contributed by atoms with Crippen molar-refractivity contribution in [2.45, 2.75) is 13.2 Å². The van der Waals surface area contributed by atoms with E-state index in [1.54, 1.807) is 23.5 Å². The molecule has 0 aliphatic carbocycles. The van der Waals surface area contributed by atoms with Crippen LogP contribution in [0.2, 0.25) is 0 Å². The normalized spacial score (nSPS) is 11.3. The number of aromatic nitrogens is 2. The largest absolute Gasteiger partial charge is 0.282 e. The summed E-state index contributed by atoms with van der Waals surface area (Å²) < 4.78 is 16.0. The monoisotopic (exact) mass is 379 g/mol. The summed E-state index contributed by atoms with van der Waals surface area (Å²) in [4.78, 5) is 3.50. The summed E-state index contributed by atoms with van der Waals surface area (Å²) in [6.45, 7) is 1.58. The maximum absolute atomic E-state index is 13.0. The quantitative estimate of drug-likeness (QED) is 0.645. The van der Waals surface area contributed by atoms with Crippen LogP contribution in [-0.2, 0) is 13.2 Å². The molecule has 114 valence electrons. The number of hydrogen-bond acceptors (Lipinski definition) is 3. The van der Waals surface area contributed by atoms with Crippen LogP contribution in [-0.4, -0.2) is 21.7 Å². The molecule has 2 aromatic heterocycles. The van der Waals surface area contributed by atoms with Gasteiger partial charge in [-0.1, -0.05) is 0 Å². The number of thiophene rings is 1. The Labute approximate surface area is 141 Å². The van der Waals surface area contributed by atoms with Crippen molar-refractivity contribution in [3.8, 4) is 11.3 Å². The Kier molecular flexibility index (Phi) is 4.71. The molecule has 3 aromatic rings. The average Bonchev–Trinajstić information content (AvgIpc) is 3.09. The Morgan fingerprint density at radius 1 is 1.27 bits per heavy atom. The molecule has 0 N–H and O–H groups in total. The highest BCUT2D eigenvalue weighted by Crippen LogP contribution is 2.21. The molecule has 1 aromatic carbocycles. The predicted octanol–water partition coefficient (Wildman–Crippen LogP) is 4.60. The van der Waals surface area contributed by atoms with Gasteiger partial charge in [-0.25, -0.2) is 4.39 Å². The lowest BCUT2D eigenvalue weighted by atomic mass is 10.1. The minimum Gasteiger partial charge on any atom is -0.282 e. The fourth-order valence-electron chi connectivity index (χ4n) is 2.22. The molecule has 0 saturated heterocycles. The second-order valence-corrected chi connectivity index (χ2v) is 7.05. The van der Waals surface area contributed by atoms with Gasteiger partial charge >= 0.3 is 0 Å². The topological polar surface area (TPSA) is 21.1 Å². The van der Waals surface area contributed by atoms with Crippen LogP contribution in [0.3, 0.4) is 0 Å². The van der Waals surface area contributed by atoms with Crippen molar-refractivity contribution in [1.82, 2.24) is 14.7 Å². The SMILES string of the molecule is CN(Cc1cc(Br)cs1)Cn1ccc(-c2ccc(F)cc2)n1. The van der Waals surface area contributed by atoms with Crippen LogP contribution in [0.1, 0.15) is 4.88 Å². The van der Waals surface area contributed by atoms with Gasteiger partial charge in [0.15, 0.2) is 0 Å².